The van der Waals surface area contributed by atoms with Crippen LogP contribution < -0.4 is 5.32 Å². The molecule has 2 aliphatic heterocycles. The third kappa shape index (κ3) is 2.96. The summed E-state index contributed by atoms with van der Waals surface area (Å²) in [6.07, 6.45) is 2.74. The summed E-state index contributed by atoms with van der Waals surface area (Å²) in [6.45, 7) is 13.2. The van der Waals surface area contributed by atoms with Crippen LogP contribution in [-0.2, 0) is 0 Å². The summed E-state index contributed by atoms with van der Waals surface area (Å²) >= 11 is 0. The lowest BCUT2D eigenvalue weighted by Gasteiger charge is -2.44. The highest BCUT2D eigenvalue weighted by Crippen LogP contribution is 2.18. The van der Waals surface area contributed by atoms with E-state index in [1.165, 1.54) is 45.6 Å². The Bertz CT molecular complexity index is 201. The molecule has 2 rings (SSSR count). The summed E-state index contributed by atoms with van der Waals surface area (Å²) < 4.78 is 0. The monoisotopic (exact) mass is 225 g/mol. The van der Waals surface area contributed by atoms with E-state index in [1.807, 2.05) is 0 Å². The van der Waals surface area contributed by atoms with Crippen LogP contribution in [0, 0.1) is 0 Å². The van der Waals surface area contributed by atoms with E-state index in [-0.39, 0.29) is 0 Å². The van der Waals surface area contributed by atoms with Gasteiger partial charge in [0.25, 0.3) is 0 Å². The molecular formula is C13H27N3. The van der Waals surface area contributed by atoms with Crippen LogP contribution in [-0.4, -0.2) is 60.6 Å². The fourth-order valence-corrected chi connectivity index (χ4v) is 3.27. The zero-order valence-electron chi connectivity index (χ0n) is 11.1. The predicted octanol–water partition coefficient (Wildman–Crippen LogP) is 1.15. The molecule has 2 atom stereocenters. The summed E-state index contributed by atoms with van der Waals surface area (Å²) in [4.78, 5) is 5.30. The van der Waals surface area contributed by atoms with Crippen molar-refractivity contribution in [2.75, 3.05) is 32.7 Å². The van der Waals surface area contributed by atoms with Crippen LogP contribution in [0.2, 0.25) is 0 Å². The van der Waals surface area contributed by atoms with Crippen molar-refractivity contribution in [1.29, 1.82) is 0 Å². The first-order valence-electron chi connectivity index (χ1n) is 6.91. The molecule has 16 heavy (non-hydrogen) atoms. The molecule has 94 valence electrons. The molecule has 2 aliphatic rings. The van der Waals surface area contributed by atoms with Crippen molar-refractivity contribution in [2.45, 2.75) is 51.7 Å². The largest absolute Gasteiger partial charge is 0.309 e. The van der Waals surface area contributed by atoms with Crippen LogP contribution in [0.3, 0.4) is 0 Å². The maximum Gasteiger partial charge on any atom is 0.0169 e. The van der Waals surface area contributed by atoms with Gasteiger partial charge in [-0.3, -0.25) is 4.90 Å². The van der Waals surface area contributed by atoms with Crippen molar-refractivity contribution >= 4 is 0 Å². The van der Waals surface area contributed by atoms with E-state index < -0.39 is 0 Å². The van der Waals surface area contributed by atoms with Crippen LogP contribution in [0.1, 0.15) is 33.6 Å². The van der Waals surface area contributed by atoms with E-state index in [0.717, 1.165) is 6.04 Å². The highest BCUT2D eigenvalue weighted by Gasteiger charge is 2.29. The average molecular weight is 225 g/mol. The minimum absolute atomic E-state index is 0.660. The molecule has 3 heteroatoms. The minimum atomic E-state index is 0.660. The topological polar surface area (TPSA) is 18.5 Å². The molecule has 0 bridgehead atoms. The molecule has 2 heterocycles. The van der Waals surface area contributed by atoms with Gasteiger partial charge >= 0.3 is 0 Å². The second-order valence-electron chi connectivity index (χ2n) is 5.59. The number of hydrogen-bond acceptors (Lipinski definition) is 3. The molecular weight excluding hydrogens is 198 g/mol. The Morgan fingerprint density at radius 2 is 1.62 bits per heavy atom. The molecule has 0 spiro atoms. The van der Waals surface area contributed by atoms with Crippen LogP contribution in [0.5, 0.6) is 0 Å². The van der Waals surface area contributed by atoms with Crippen molar-refractivity contribution in [3.05, 3.63) is 0 Å². The molecule has 2 fully saturated rings. The molecule has 1 N–H and O–H groups in total. The van der Waals surface area contributed by atoms with Gasteiger partial charge < -0.3 is 10.2 Å². The van der Waals surface area contributed by atoms with E-state index in [1.54, 1.807) is 0 Å². The normalized spacial score (nSPS) is 35.4. The van der Waals surface area contributed by atoms with Gasteiger partial charge in [-0.1, -0.05) is 6.92 Å². The number of nitrogens with one attached hydrogen (secondary N) is 1. The van der Waals surface area contributed by atoms with Gasteiger partial charge in [-0.2, -0.15) is 0 Å². The van der Waals surface area contributed by atoms with E-state index >= 15 is 0 Å². The zero-order valence-corrected chi connectivity index (χ0v) is 11.1. The van der Waals surface area contributed by atoms with Crippen molar-refractivity contribution < 1.29 is 0 Å². The smallest absolute Gasteiger partial charge is 0.0169 e. The highest BCUT2D eigenvalue weighted by molar-refractivity contribution is 4.87. The Labute approximate surface area is 100 Å². The van der Waals surface area contributed by atoms with Gasteiger partial charge in [-0.05, 0) is 46.3 Å². The van der Waals surface area contributed by atoms with Crippen molar-refractivity contribution in [3.63, 3.8) is 0 Å². The van der Waals surface area contributed by atoms with E-state index in [0.29, 0.717) is 12.1 Å². The lowest BCUT2D eigenvalue weighted by Crippen LogP contribution is -2.58. The summed E-state index contributed by atoms with van der Waals surface area (Å²) in [6, 6.07) is 2.16. The van der Waals surface area contributed by atoms with Crippen LogP contribution >= 0.6 is 0 Å². The molecule has 0 saturated carbocycles. The van der Waals surface area contributed by atoms with Crippen LogP contribution in [0.25, 0.3) is 0 Å². The molecule has 3 nitrogen and oxygen atoms in total. The fraction of sp³-hybridized carbons (Fsp3) is 1.00. The van der Waals surface area contributed by atoms with Crippen LogP contribution in [0.4, 0.5) is 0 Å². The van der Waals surface area contributed by atoms with E-state index in [4.69, 9.17) is 0 Å². The average Bonchev–Trinajstić information content (AvgIpc) is 2.28. The molecule has 0 aliphatic carbocycles. The number of nitrogens with zero attached hydrogens (tertiary/aromatic N) is 2. The molecule has 2 unspecified atom stereocenters. The maximum atomic E-state index is 3.62. The Kier molecular flexibility index (Phi) is 4.22. The van der Waals surface area contributed by atoms with Crippen LogP contribution in [0.15, 0.2) is 0 Å². The van der Waals surface area contributed by atoms with Gasteiger partial charge in [0.15, 0.2) is 0 Å². The quantitative estimate of drug-likeness (QED) is 0.760. The Balaban J connectivity index is 1.83. The first-order valence-corrected chi connectivity index (χ1v) is 6.91. The van der Waals surface area contributed by atoms with Gasteiger partial charge in [0.2, 0.25) is 0 Å². The summed E-state index contributed by atoms with van der Waals surface area (Å²) in [5.74, 6) is 0. The van der Waals surface area contributed by atoms with Crippen molar-refractivity contribution in [3.8, 4) is 0 Å². The molecule has 0 amide bonds. The van der Waals surface area contributed by atoms with E-state index in [2.05, 4.69) is 35.9 Å². The zero-order chi connectivity index (χ0) is 11.5. The number of likely N-dealkylation sites (tertiary alicyclic amines) is 1. The lowest BCUT2D eigenvalue weighted by atomic mass is 10.00. The fourth-order valence-electron chi connectivity index (χ4n) is 3.27. The number of piperidine rings is 1. The molecule has 2 saturated heterocycles. The number of rotatable bonds is 2. The third-order valence-electron chi connectivity index (χ3n) is 4.11. The molecule has 0 aromatic carbocycles. The van der Waals surface area contributed by atoms with E-state index in [9.17, 15) is 0 Å². The van der Waals surface area contributed by atoms with Crippen molar-refractivity contribution in [2.24, 2.45) is 0 Å². The van der Waals surface area contributed by atoms with Crippen molar-refractivity contribution in [1.82, 2.24) is 15.1 Å². The second kappa shape index (κ2) is 5.48. The Hall–Kier alpha value is -0.120. The summed E-state index contributed by atoms with van der Waals surface area (Å²) in [5.41, 5.74) is 0. The molecule has 0 radical (unpaired) electrons. The van der Waals surface area contributed by atoms with Gasteiger partial charge in [-0.25, -0.2) is 0 Å². The van der Waals surface area contributed by atoms with Gasteiger partial charge in [0.1, 0.15) is 0 Å². The highest BCUT2D eigenvalue weighted by atomic mass is 15.3. The minimum Gasteiger partial charge on any atom is -0.309 e. The Morgan fingerprint density at radius 3 is 2.12 bits per heavy atom. The van der Waals surface area contributed by atoms with Gasteiger partial charge in [0, 0.05) is 31.2 Å². The lowest BCUT2D eigenvalue weighted by molar-refractivity contribution is 0.0736. The first kappa shape index (κ1) is 12.3. The molecule has 0 aromatic rings. The van der Waals surface area contributed by atoms with Gasteiger partial charge in [0.05, 0.1) is 0 Å². The summed E-state index contributed by atoms with van der Waals surface area (Å²) in [7, 11) is 0. The standard InChI is InChI=1S/C13H27N3/c1-4-15-7-5-13(6-8-15)16-9-11(2)14-12(3)10-16/h11-14H,4-10H2,1-3H3. The number of piperazine rings is 1. The first-order chi connectivity index (χ1) is 7.69. The second-order valence-corrected chi connectivity index (χ2v) is 5.59. The SMILES string of the molecule is CCN1CCC(N2CC(C)NC(C)C2)CC1. The predicted molar refractivity (Wildman–Crippen MR) is 68.8 cm³/mol. The number of hydrogen-bond donors (Lipinski definition) is 1. The molecule has 0 aromatic heterocycles. The van der Waals surface area contributed by atoms with Gasteiger partial charge in [-0.15, -0.1) is 0 Å². The Morgan fingerprint density at radius 1 is 1.06 bits per heavy atom. The third-order valence-corrected chi connectivity index (χ3v) is 4.11. The maximum absolute atomic E-state index is 3.62. The summed E-state index contributed by atoms with van der Waals surface area (Å²) in [5, 5.41) is 3.62.